The van der Waals surface area contributed by atoms with Gasteiger partial charge in [-0.3, -0.25) is 14.4 Å². The molecule has 2 N–H and O–H groups in total. The van der Waals surface area contributed by atoms with E-state index in [2.05, 4.69) is 4.98 Å². The molecule has 1 amide bonds. The monoisotopic (exact) mass is 470 g/mol. The Morgan fingerprint density at radius 2 is 1.94 bits per heavy atom. The molecule has 10 nitrogen and oxygen atoms in total. The minimum Gasteiger partial charge on any atom is -0.502 e. The van der Waals surface area contributed by atoms with Crippen LogP contribution in [0.2, 0.25) is 0 Å². The molecule has 1 atom stereocenters. The highest BCUT2D eigenvalue weighted by molar-refractivity contribution is 5.82. The lowest BCUT2D eigenvalue weighted by molar-refractivity contribution is -0.135. The zero-order chi connectivity index (χ0) is 24.2. The zero-order valence-electron chi connectivity index (χ0n) is 19.0. The average molecular weight is 470 g/mol. The van der Waals surface area contributed by atoms with Gasteiger partial charge in [0.1, 0.15) is 18.1 Å². The Hall–Kier alpha value is -3.63. The summed E-state index contributed by atoms with van der Waals surface area (Å²) in [5.41, 5.74) is -0.394. The van der Waals surface area contributed by atoms with Crippen molar-refractivity contribution < 1.29 is 28.5 Å². The number of aromatic amines is 1. The number of aromatic nitrogens is 1. The Morgan fingerprint density at radius 1 is 1.18 bits per heavy atom. The van der Waals surface area contributed by atoms with Crippen molar-refractivity contribution in [3.8, 4) is 11.5 Å². The zero-order valence-corrected chi connectivity index (χ0v) is 19.0. The molecule has 0 unspecified atom stereocenters. The Bertz CT molecular complexity index is 1310. The Labute approximate surface area is 194 Å². The summed E-state index contributed by atoms with van der Waals surface area (Å²) in [7, 11) is 2.97. The highest BCUT2D eigenvalue weighted by atomic mass is 16.5. The van der Waals surface area contributed by atoms with E-state index in [1.54, 1.807) is 29.2 Å². The highest BCUT2D eigenvalue weighted by Gasteiger charge is 2.30. The third kappa shape index (κ3) is 4.82. The summed E-state index contributed by atoms with van der Waals surface area (Å²) in [6, 6.07) is 7.92. The molecule has 0 bridgehead atoms. The first-order valence-electron chi connectivity index (χ1n) is 10.8. The maximum Gasteiger partial charge on any atom is 0.252 e. The summed E-state index contributed by atoms with van der Waals surface area (Å²) >= 11 is 0. The van der Waals surface area contributed by atoms with E-state index < -0.39 is 22.7 Å². The highest BCUT2D eigenvalue weighted by Crippen LogP contribution is 2.33. The van der Waals surface area contributed by atoms with E-state index >= 15 is 0 Å². The standard InChI is InChI=1S/C24H26N2O8/c1-31-13-16-11-20(27)22(29)23(34-16)17(12-21(28)26-5-7-33-8-6-26)18-10-14-9-15(32-2)3-4-19(14)25-24(18)30/h3-4,9-11,17,29H,5-8,12-13H2,1-2H3,(H,25,30)/t17-/m0/s1. The van der Waals surface area contributed by atoms with Gasteiger partial charge in [-0.25, -0.2) is 0 Å². The van der Waals surface area contributed by atoms with Crippen molar-refractivity contribution >= 4 is 16.8 Å². The Morgan fingerprint density at radius 3 is 2.65 bits per heavy atom. The summed E-state index contributed by atoms with van der Waals surface area (Å²) in [4.78, 5) is 43.2. The molecule has 2 aromatic heterocycles. The number of carbonyl (C=O) groups is 1. The molecule has 10 heteroatoms. The quantitative estimate of drug-likeness (QED) is 0.534. The largest absolute Gasteiger partial charge is 0.502 e. The fourth-order valence-electron chi connectivity index (χ4n) is 4.05. The van der Waals surface area contributed by atoms with Gasteiger partial charge in [0.05, 0.1) is 26.2 Å². The van der Waals surface area contributed by atoms with Crippen LogP contribution in [0.3, 0.4) is 0 Å². The molecule has 0 spiro atoms. The molecule has 0 radical (unpaired) electrons. The molecule has 1 fully saturated rings. The van der Waals surface area contributed by atoms with Crippen LogP contribution in [0, 0.1) is 0 Å². The maximum atomic E-state index is 13.1. The van der Waals surface area contributed by atoms with Gasteiger partial charge in [0.2, 0.25) is 17.1 Å². The number of aromatic hydroxyl groups is 1. The number of methoxy groups -OCH3 is 2. The molecule has 1 aliphatic heterocycles. The van der Waals surface area contributed by atoms with Gasteiger partial charge in [0.15, 0.2) is 5.76 Å². The number of hydrogen-bond donors (Lipinski definition) is 2. The molecule has 34 heavy (non-hydrogen) atoms. The fraction of sp³-hybridized carbons (Fsp3) is 0.375. The van der Waals surface area contributed by atoms with E-state index in [4.69, 9.17) is 18.6 Å². The van der Waals surface area contributed by atoms with Crippen molar-refractivity contribution in [2.24, 2.45) is 0 Å². The topological polar surface area (TPSA) is 131 Å². The van der Waals surface area contributed by atoms with Crippen LogP contribution in [0.25, 0.3) is 10.9 Å². The number of hydrogen-bond acceptors (Lipinski definition) is 8. The van der Waals surface area contributed by atoms with Gasteiger partial charge < -0.3 is 33.6 Å². The van der Waals surface area contributed by atoms with E-state index in [0.29, 0.717) is 43.0 Å². The molecule has 1 aliphatic rings. The number of rotatable bonds is 7. The van der Waals surface area contributed by atoms with E-state index in [1.165, 1.54) is 14.2 Å². The number of H-pyrrole nitrogens is 1. The van der Waals surface area contributed by atoms with Crippen LogP contribution in [0.4, 0.5) is 0 Å². The number of pyridine rings is 1. The summed E-state index contributed by atoms with van der Waals surface area (Å²) in [6.45, 7) is 1.64. The molecule has 1 saturated heterocycles. The van der Waals surface area contributed by atoms with E-state index in [1.807, 2.05) is 0 Å². The van der Waals surface area contributed by atoms with Gasteiger partial charge in [-0.05, 0) is 24.3 Å². The van der Waals surface area contributed by atoms with Crippen LogP contribution in [-0.2, 0) is 20.9 Å². The predicted octanol–water partition coefficient (Wildman–Crippen LogP) is 1.72. The summed E-state index contributed by atoms with van der Waals surface area (Å²) < 4.78 is 21.5. The van der Waals surface area contributed by atoms with Crippen molar-refractivity contribution in [3.05, 3.63) is 68.0 Å². The second-order valence-electron chi connectivity index (χ2n) is 7.98. The van der Waals surface area contributed by atoms with Gasteiger partial charge in [-0.2, -0.15) is 0 Å². The lowest BCUT2D eigenvalue weighted by Gasteiger charge is -2.28. The number of carbonyl (C=O) groups excluding carboxylic acids is 1. The van der Waals surface area contributed by atoms with Crippen LogP contribution in [-0.4, -0.2) is 61.4 Å². The minimum atomic E-state index is -1.01. The predicted molar refractivity (Wildman–Crippen MR) is 122 cm³/mol. The molecule has 0 saturated carbocycles. The number of nitrogens with zero attached hydrogens (tertiary/aromatic N) is 1. The van der Waals surface area contributed by atoms with Gasteiger partial charge in [0, 0.05) is 49.2 Å². The van der Waals surface area contributed by atoms with Crippen LogP contribution in [0.1, 0.15) is 29.4 Å². The Kier molecular flexibility index (Phi) is 6.99. The van der Waals surface area contributed by atoms with Gasteiger partial charge in [0.25, 0.3) is 5.56 Å². The molecule has 180 valence electrons. The number of fused-ring (bicyclic) bond motifs is 1. The molecular weight excluding hydrogens is 444 g/mol. The van der Waals surface area contributed by atoms with Gasteiger partial charge >= 0.3 is 0 Å². The number of benzene rings is 1. The lowest BCUT2D eigenvalue weighted by atomic mass is 9.91. The second kappa shape index (κ2) is 10.1. The fourth-order valence-corrected chi connectivity index (χ4v) is 4.05. The number of amides is 1. The average Bonchev–Trinajstić information content (AvgIpc) is 2.85. The van der Waals surface area contributed by atoms with Crippen LogP contribution in [0.15, 0.2) is 44.3 Å². The summed E-state index contributed by atoms with van der Waals surface area (Å²) in [6.07, 6.45) is -0.189. The maximum absolute atomic E-state index is 13.1. The molecule has 1 aromatic carbocycles. The van der Waals surface area contributed by atoms with Gasteiger partial charge in [-0.1, -0.05) is 0 Å². The van der Waals surface area contributed by atoms with E-state index in [9.17, 15) is 19.5 Å². The minimum absolute atomic E-state index is 0.0159. The second-order valence-corrected chi connectivity index (χ2v) is 7.98. The van der Waals surface area contributed by atoms with Crippen molar-refractivity contribution in [2.45, 2.75) is 18.9 Å². The summed E-state index contributed by atoms with van der Waals surface area (Å²) in [5, 5.41) is 11.3. The van der Waals surface area contributed by atoms with E-state index in [0.717, 1.165) is 6.07 Å². The normalized spacial score (nSPS) is 14.8. The number of morpholine rings is 1. The summed E-state index contributed by atoms with van der Waals surface area (Å²) in [5.74, 6) is -1.32. The van der Waals surface area contributed by atoms with Crippen LogP contribution in [0.5, 0.6) is 11.5 Å². The third-order valence-electron chi connectivity index (χ3n) is 5.80. The van der Waals surface area contributed by atoms with Crippen LogP contribution < -0.4 is 15.7 Å². The SMILES string of the molecule is COCc1cc(=O)c(O)c([C@@H](CC(=O)N2CCOCC2)c2cc3cc(OC)ccc3[nH]c2=O)o1. The van der Waals surface area contributed by atoms with Gasteiger partial charge in [-0.15, -0.1) is 0 Å². The van der Waals surface area contributed by atoms with Crippen molar-refractivity contribution in [2.75, 3.05) is 40.5 Å². The molecule has 4 rings (SSSR count). The van der Waals surface area contributed by atoms with Crippen molar-refractivity contribution in [1.82, 2.24) is 9.88 Å². The Balaban J connectivity index is 1.86. The lowest BCUT2D eigenvalue weighted by Crippen LogP contribution is -2.41. The first-order valence-corrected chi connectivity index (χ1v) is 10.8. The van der Waals surface area contributed by atoms with Crippen LogP contribution >= 0.6 is 0 Å². The molecule has 3 heterocycles. The smallest absolute Gasteiger partial charge is 0.252 e. The van der Waals surface area contributed by atoms with Crippen molar-refractivity contribution in [3.63, 3.8) is 0 Å². The molecular formula is C24H26N2O8. The number of nitrogens with one attached hydrogen (secondary N) is 1. The third-order valence-corrected chi connectivity index (χ3v) is 5.80. The van der Waals surface area contributed by atoms with E-state index in [-0.39, 0.29) is 36.0 Å². The first-order chi connectivity index (χ1) is 16.4. The molecule has 3 aromatic rings. The van der Waals surface area contributed by atoms with Crippen molar-refractivity contribution in [1.29, 1.82) is 0 Å². The number of ether oxygens (including phenoxy) is 3. The first kappa shape index (κ1) is 23.5. The molecule has 0 aliphatic carbocycles.